The molecule has 3 atom stereocenters. The number of methoxy groups -OCH3 is 1. The maximum atomic E-state index is 12.5. The van der Waals surface area contributed by atoms with Crippen LogP contribution in [0.15, 0.2) is 0 Å². The van der Waals surface area contributed by atoms with Gasteiger partial charge in [-0.3, -0.25) is 14.4 Å². The summed E-state index contributed by atoms with van der Waals surface area (Å²) in [6.07, 6.45) is -0.295. The number of carboxylic acids is 1. The predicted molar refractivity (Wildman–Crippen MR) is 71.3 cm³/mol. The molecule has 1 amide bonds. The highest BCUT2D eigenvalue weighted by Gasteiger charge is 2.66. The first kappa shape index (κ1) is 15.8. The van der Waals surface area contributed by atoms with Crippen LogP contribution >= 0.6 is 0 Å². The Kier molecular flexibility index (Phi) is 4.22. The fourth-order valence-corrected chi connectivity index (χ4v) is 3.07. The maximum Gasteiger partial charge on any atom is 0.308 e. The maximum absolute atomic E-state index is 12.5. The zero-order valence-electron chi connectivity index (χ0n) is 12.5. The molecule has 0 bridgehead atoms. The molecule has 2 rings (SSSR count). The summed E-state index contributed by atoms with van der Waals surface area (Å²) in [4.78, 5) is 36.5. The van der Waals surface area contributed by atoms with Crippen molar-refractivity contribution in [2.75, 3.05) is 26.8 Å². The van der Waals surface area contributed by atoms with E-state index in [2.05, 4.69) is 4.74 Å². The van der Waals surface area contributed by atoms with Crippen molar-refractivity contribution < 1.29 is 29.0 Å². The third kappa shape index (κ3) is 3.02. The minimum atomic E-state index is -0.933. The van der Waals surface area contributed by atoms with Gasteiger partial charge in [0.1, 0.15) is 0 Å². The van der Waals surface area contributed by atoms with E-state index in [9.17, 15) is 14.4 Å². The number of esters is 1. The van der Waals surface area contributed by atoms with Crippen LogP contribution in [-0.2, 0) is 23.9 Å². The van der Waals surface area contributed by atoms with Crippen molar-refractivity contribution >= 4 is 17.8 Å². The van der Waals surface area contributed by atoms with Gasteiger partial charge in [0, 0.05) is 13.1 Å². The van der Waals surface area contributed by atoms with E-state index in [0.29, 0.717) is 19.7 Å². The Hall–Kier alpha value is -1.63. The van der Waals surface area contributed by atoms with Gasteiger partial charge in [-0.25, -0.2) is 0 Å². The largest absolute Gasteiger partial charge is 0.481 e. The normalized spacial score (nSPS) is 30.6. The average molecular weight is 299 g/mol. The molecule has 1 aliphatic heterocycles. The van der Waals surface area contributed by atoms with E-state index in [1.54, 1.807) is 18.7 Å². The molecule has 0 aromatic carbocycles. The molecule has 21 heavy (non-hydrogen) atoms. The SMILES string of the molecule is COC(=O)CC1CN(C(=O)[C@H]2[C@@H](C(=O)O)C2(C)C)CCO1. The van der Waals surface area contributed by atoms with Gasteiger partial charge in [0.15, 0.2) is 0 Å². The Morgan fingerprint density at radius 1 is 1.33 bits per heavy atom. The summed E-state index contributed by atoms with van der Waals surface area (Å²) in [7, 11) is 1.30. The summed E-state index contributed by atoms with van der Waals surface area (Å²) >= 11 is 0. The van der Waals surface area contributed by atoms with Crippen LogP contribution in [0.5, 0.6) is 0 Å². The minimum absolute atomic E-state index is 0.0939. The lowest BCUT2D eigenvalue weighted by atomic mass is 10.1. The van der Waals surface area contributed by atoms with Crippen molar-refractivity contribution in [1.82, 2.24) is 4.90 Å². The van der Waals surface area contributed by atoms with Crippen molar-refractivity contribution in [3.05, 3.63) is 0 Å². The van der Waals surface area contributed by atoms with Crippen molar-refractivity contribution in [3.63, 3.8) is 0 Å². The molecule has 1 saturated carbocycles. The zero-order valence-corrected chi connectivity index (χ0v) is 12.5. The second kappa shape index (κ2) is 5.63. The first-order chi connectivity index (χ1) is 9.78. The van der Waals surface area contributed by atoms with Gasteiger partial charge in [0.2, 0.25) is 5.91 Å². The Morgan fingerprint density at radius 2 is 2.00 bits per heavy atom. The molecule has 0 aromatic rings. The highest BCUT2D eigenvalue weighted by Crippen LogP contribution is 2.59. The quantitative estimate of drug-likeness (QED) is 0.742. The molecule has 1 saturated heterocycles. The van der Waals surface area contributed by atoms with E-state index in [1.807, 2.05) is 0 Å². The van der Waals surface area contributed by atoms with E-state index in [-0.39, 0.29) is 24.4 Å². The summed E-state index contributed by atoms with van der Waals surface area (Å²) in [6, 6.07) is 0. The van der Waals surface area contributed by atoms with Crippen LogP contribution in [0.25, 0.3) is 0 Å². The number of carboxylic acid groups (broad SMARTS) is 1. The van der Waals surface area contributed by atoms with Crippen molar-refractivity contribution in [1.29, 1.82) is 0 Å². The third-order valence-corrected chi connectivity index (χ3v) is 4.43. The van der Waals surface area contributed by atoms with Gasteiger partial charge in [-0.2, -0.15) is 0 Å². The molecule has 1 unspecified atom stereocenters. The fraction of sp³-hybridized carbons (Fsp3) is 0.786. The van der Waals surface area contributed by atoms with E-state index in [0.717, 1.165) is 0 Å². The predicted octanol–water partition coefficient (Wildman–Crippen LogP) is 0.134. The highest BCUT2D eigenvalue weighted by atomic mass is 16.5. The molecule has 2 fully saturated rings. The fourth-order valence-electron chi connectivity index (χ4n) is 3.07. The van der Waals surface area contributed by atoms with Gasteiger partial charge in [0.25, 0.3) is 0 Å². The van der Waals surface area contributed by atoms with E-state index >= 15 is 0 Å². The number of carbonyl (C=O) groups excluding carboxylic acids is 2. The van der Waals surface area contributed by atoms with Crippen LogP contribution in [0.3, 0.4) is 0 Å². The van der Waals surface area contributed by atoms with E-state index in [4.69, 9.17) is 9.84 Å². The number of ether oxygens (including phenoxy) is 2. The lowest BCUT2D eigenvalue weighted by Gasteiger charge is -2.33. The highest BCUT2D eigenvalue weighted by molar-refractivity contribution is 5.91. The third-order valence-electron chi connectivity index (χ3n) is 4.43. The molecule has 0 spiro atoms. The molecule has 1 heterocycles. The Morgan fingerprint density at radius 3 is 2.52 bits per heavy atom. The lowest BCUT2D eigenvalue weighted by Crippen LogP contribution is -2.47. The second-order valence-electron chi connectivity index (χ2n) is 6.17. The molecule has 7 heteroatoms. The zero-order chi connectivity index (χ0) is 15.8. The summed E-state index contributed by atoms with van der Waals surface area (Å²) in [5, 5.41) is 9.15. The number of amides is 1. The summed E-state index contributed by atoms with van der Waals surface area (Å²) in [6.45, 7) is 4.65. The smallest absolute Gasteiger partial charge is 0.308 e. The summed E-state index contributed by atoms with van der Waals surface area (Å²) in [5.41, 5.74) is -0.515. The average Bonchev–Trinajstić information content (AvgIpc) is 3.01. The number of nitrogens with zero attached hydrogens (tertiary/aromatic N) is 1. The van der Waals surface area contributed by atoms with Gasteiger partial charge in [-0.15, -0.1) is 0 Å². The molecular weight excluding hydrogens is 278 g/mol. The van der Waals surface area contributed by atoms with Crippen LogP contribution < -0.4 is 0 Å². The Balaban J connectivity index is 1.97. The number of morpholine rings is 1. The minimum Gasteiger partial charge on any atom is -0.481 e. The standard InChI is InChI=1S/C14H21NO6/c1-14(2)10(11(14)13(18)19)12(17)15-4-5-21-8(7-15)6-9(16)20-3/h8,10-11H,4-7H2,1-3H3,(H,18,19)/t8?,10-,11+/m1/s1. The van der Waals surface area contributed by atoms with Crippen LogP contribution in [0, 0.1) is 17.3 Å². The van der Waals surface area contributed by atoms with Crippen molar-refractivity contribution in [3.8, 4) is 0 Å². The van der Waals surface area contributed by atoms with E-state index in [1.165, 1.54) is 7.11 Å². The molecule has 1 aliphatic carbocycles. The van der Waals surface area contributed by atoms with Crippen molar-refractivity contribution in [2.24, 2.45) is 17.3 Å². The lowest BCUT2D eigenvalue weighted by molar-refractivity contribution is -0.151. The first-order valence-corrected chi connectivity index (χ1v) is 6.99. The number of hydrogen-bond acceptors (Lipinski definition) is 5. The molecule has 2 aliphatic rings. The summed E-state index contributed by atoms with van der Waals surface area (Å²) < 4.78 is 10.0. The molecule has 0 radical (unpaired) electrons. The summed E-state index contributed by atoms with van der Waals surface area (Å²) in [5.74, 6) is -2.61. The molecule has 118 valence electrons. The van der Waals surface area contributed by atoms with Crippen LogP contribution in [0.1, 0.15) is 20.3 Å². The molecule has 1 N–H and O–H groups in total. The van der Waals surface area contributed by atoms with Crippen LogP contribution in [-0.4, -0.2) is 60.8 Å². The molecule has 7 nitrogen and oxygen atoms in total. The molecule has 0 aromatic heterocycles. The van der Waals surface area contributed by atoms with Crippen LogP contribution in [0.4, 0.5) is 0 Å². The van der Waals surface area contributed by atoms with Gasteiger partial charge in [0.05, 0.1) is 38.1 Å². The van der Waals surface area contributed by atoms with Gasteiger partial charge in [-0.05, 0) is 5.41 Å². The van der Waals surface area contributed by atoms with Crippen molar-refractivity contribution in [2.45, 2.75) is 26.4 Å². The first-order valence-electron chi connectivity index (χ1n) is 6.99. The van der Waals surface area contributed by atoms with Gasteiger partial charge in [-0.1, -0.05) is 13.8 Å². The Labute approximate surface area is 123 Å². The number of aliphatic carboxylic acids is 1. The number of rotatable bonds is 4. The number of carbonyl (C=O) groups is 3. The van der Waals surface area contributed by atoms with E-state index < -0.39 is 23.2 Å². The molecular formula is C14H21NO6. The van der Waals surface area contributed by atoms with Gasteiger partial charge >= 0.3 is 11.9 Å². The van der Waals surface area contributed by atoms with Crippen LogP contribution in [0.2, 0.25) is 0 Å². The topological polar surface area (TPSA) is 93.1 Å². The Bertz CT molecular complexity index is 460. The number of hydrogen-bond donors (Lipinski definition) is 1. The van der Waals surface area contributed by atoms with Gasteiger partial charge < -0.3 is 19.5 Å². The second-order valence-corrected chi connectivity index (χ2v) is 6.17. The monoisotopic (exact) mass is 299 g/mol.